The predicted molar refractivity (Wildman–Crippen MR) is 54.9 cm³/mol. The molecule has 2 aromatic heterocycles. The molecule has 0 aliphatic rings. The fourth-order valence-corrected chi connectivity index (χ4v) is 1.48. The van der Waals surface area contributed by atoms with Crippen LogP contribution in [0.1, 0.15) is 30.9 Å². The summed E-state index contributed by atoms with van der Waals surface area (Å²) in [7, 11) is 0. The van der Waals surface area contributed by atoms with Gasteiger partial charge in [-0.2, -0.15) is 0 Å². The Kier molecular flexibility index (Phi) is 1.83. The van der Waals surface area contributed by atoms with Crippen molar-refractivity contribution in [3.05, 3.63) is 29.6 Å². The standard InChI is InChI=1S/C11H14N2/c1-7(2)9-4-10-11(13-6-9)8(3)5-12-10/h4-7,12H,1-3H3. The second kappa shape index (κ2) is 2.87. The number of hydrogen-bond donors (Lipinski definition) is 1. The molecule has 0 amide bonds. The zero-order valence-corrected chi connectivity index (χ0v) is 8.26. The summed E-state index contributed by atoms with van der Waals surface area (Å²) in [4.78, 5) is 7.65. The third-order valence-corrected chi connectivity index (χ3v) is 2.39. The van der Waals surface area contributed by atoms with Gasteiger partial charge < -0.3 is 4.98 Å². The van der Waals surface area contributed by atoms with Crippen molar-refractivity contribution in [2.24, 2.45) is 0 Å². The summed E-state index contributed by atoms with van der Waals surface area (Å²) in [6.07, 6.45) is 3.97. The van der Waals surface area contributed by atoms with Gasteiger partial charge in [0.05, 0.1) is 11.0 Å². The maximum atomic E-state index is 4.43. The zero-order valence-electron chi connectivity index (χ0n) is 8.26. The highest BCUT2D eigenvalue weighted by molar-refractivity contribution is 5.78. The highest BCUT2D eigenvalue weighted by atomic mass is 14.8. The van der Waals surface area contributed by atoms with Gasteiger partial charge in [-0.15, -0.1) is 0 Å². The molecule has 0 aliphatic heterocycles. The minimum absolute atomic E-state index is 0.542. The van der Waals surface area contributed by atoms with Crippen LogP contribution in [0.3, 0.4) is 0 Å². The fourth-order valence-electron chi connectivity index (χ4n) is 1.48. The van der Waals surface area contributed by atoms with Crippen molar-refractivity contribution in [3.63, 3.8) is 0 Å². The molecular formula is C11H14N2. The number of fused-ring (bicyclic) bond motifs is 1. The van der Waals surface area contributed by atoms with E-state index in [-0.39, 0.29) is 0 Å². The van der Waals surface area contributed by atoms with E-state index in [1.807, 2.05) is 12.4 Å². The van der Waals surface area contributed by atoms with Gasteiger partial charge in [-0.1, -0.05) is 13.8 Å². The second-order valence-corrected chi connectivity index (χ2v) is 3.79. The number of hydrogen-bond acceptors (Lipinski definition) is 1. The molecule has 0 aliphatic carbocycles. The van der Waals surface area contributed by atoms with Gasteiger partial charge in [-0.3, -0.25) is 4.98 Å². The summed E-state index contributed by atoms with van der Waals surface area (Å²) in [6.45, 7) is 6.43. The van der Waals surface area contributed by atoms with E-state index >= 15 is 0 Å². The number of pyridine rings is 1. The van der Waals surface area contributed by atoms with Gasteiger partial charge in [0.25, 0.3) is 0 Å². The molecule has 13 heavy (non-hydrogen) atoms. The minimum Gasteiger partial charge on any atom is -0.360 e. The number of aromatic amines is 1. The van der Waals surface area contributed by atoms with Gasteiger partial charge in [0, 0.05) is 12.4 Å². The second-order valence-electron chi connectivity index (χ2n) is 3.79. The van der Waals surface area contributed by atoms with Crippen LogP contribution < -0.4 is 0 Å². The lowest BCUT2D eigenvalue weighted by molar-refractivity contribution is 0.861. The number of aromatic nitrogens is 2. The Labute approximate surface area is 78.0 Å². The van der Waals surface area contributed by atoms with E-state index in [0.29, 0.717) is 5.92 Å². The molecule has 0 fully saturated rings. The average molecular weight is 174 g/mol. The molecule has 2 nitrogen and oxygen atoms in total. The van der Waals surface area contributed by atoms with Crippen LogP contribution in [-0.2, 0) is 0 Å². The molecule has 0 radical (unpaired) electrons. The summed E-state index contributed by atoms with van der Waals surface area (Å²) in [6, 6.07) is 2.18. The van der Waals surface area contributed by atoms with Crippen molar-refractivity contribution in [1.29, 1.82) is 0 Å². The Morgan fingerprint density at radius 2 is 2.15 bits per heavy atom. The summed E-state index contributed by atoms with van der Waals surface area (Å²) < 4.78 is 0. The van der Waals surface area contributed by atoms with E-state index in [4.69, 9.17) is 0 Å². The summed E-state index contributed by atoms with van der Waals surface area (Å²) >= 11 is 0. The van der Waals surface area contributed by atoms with Crippen LogP contribution in [0.4, 0.5) is 0 Å². The third kappa shape index (κ3) is 1.32. The van der Waals surface area contributed by atoms with Crippen molar-refractivity contribution < 1.29 is 0 Å². The maximum Gasteiger partial charge on any atom is 0.0908 e. The van der Waals surface area contributed by atoms with Crippen LogP contribution in [0.25, 0.3) is 11.0 Å². The molecule has 0 aromatic carbocycles. The van der Waals surface area contributed by atoms with Gasteiger partial charge >= 0.3 is 0 Å². The van der Waals surface area contributed by atoms with Gasteiger partial charge in [-0.25, -0.2) is 0 Å². The number of rotatable bonds is 1. The van der Waals surface area contributed by atoms with E-state index in [1.165, 1.54) is 11.1 Å². The first-order valence-electron chi connectivity index (χ1n) is 4.62. The molecule has 0 bridgehead atoms. The van der Waals surface area contributed by atoms with Crippen LogP contribution >= 0.6 is 0 Å². The molecule has 0 unspecified atom stereocenters. The van der Waals surface area contributed by atoms with Crippen LogP contribution in [0.15, 0.2) is 18.5 Å². The van der Waals surface area contributed by atoms with E-state index < -0.39 is 0 Å². The summed E-state index contributed by atoms with van der Waals surface area (Å²) in [5.41, 5.74) is 4.73. The largest absolute Gasteiger partial charge is 0.360 e. The molecule has 0 saturated heterocycles. The molecule has 1 N–H and O–H groups in total. The highest BCUT2D eigenvalue weighted by Crippen LogP contribution is 2.20. The van der Waals surface area contributed by atoms with Crippen molar-refractivity contribution in [2.45, 2.75) is 26.7 Å². The lowest BCUT2D eigenvalue weighted by atomic mass is 10.1. The number of H-pyrrole nitrogens is 1. The Morgan fingerprint density at radius 3 is 2.85 bits per heavy atom. The summed E-state index contributed by atoms with van der Waals surface area (Å²) in [5, 5.41) is 0. The molecule has 2 rings (SSSR count). The van der Waals surface area contributed by atoms with Crippen molar-refractivity contribution >= 4 is 11.0 Å². The molecular weight excluding hydrogens is 160 g/mol. The average Bonchev–Trinajstić information content (AvgIpc) is 2.47. The van der Waals surface area contributed by atoms with Crippen LogP contribution in [0, 0.1) is 6.92 Å². The highest BCUT2D eigenvalue weighted by Gasteiger charge is 2.04. The Morgan fingerprint density at radius 1 is 1.38 bits per heavy atom. The van der Waals surface area contributed by atoms with Gasteiger partial charge in [0.15, 0.2) is 0 Å². The first kappa shape index (κ1) is 8.30. The van der Waals surface area contributed by atoms with Crippen LogP contribution in [0.2, 0.25) is 0 Å². The molecule has 2 heteroatoms. The smallest absolute Gasteiger partial charge is 0.0908 e. The zero-order chi connectivity index (χ0) is 9.42. The quantitative estimate of drug-likeness (QED) is 0.707. The monoisotopic (exact) mass is 174 g/mol. The van der Waals surface area contributed by atoms with Crippen LogP contribution in [0.5, 0.6) is 0 Å². The van der Waals surface area contributed by atoms with E-state index in [1.54, 1.807) is 0 Å². The minimum atomic E-state index is 0.542. The molecule has 0 spiro atoms. The Balaban J connectivity index is 2.63. The predicted octanol–water partition coefficient (Wildman–Crippen LogP) is 2.99. The lowest BCUT2D eigenvalue weighted by Gasteiger charge is -2.03. The molecule has 68 valence electrons. The lowest BCUT2D eigenvalue weighted by Crippen LogP contribution is -1.88. The topological polar surface area (TPSA) is 28.7 Å². The normalized spacial score (nSPS) is 11.4. The Bertz CT molecular complexity index is 427. The number of nitrogens with zero attached hydrogens (tertiary/aromatic N) is 1. The first-order chi connectivity index (χ1) is 6.18. The SMILES string of the molecule is Cc1c[nH]c2cc(C(C)C)cnc12. The van der Waals surface area contributed by atoms with Crippen molar-refractivity contribution in [1.82, 2.24) is 9.97 Å². The van der Waals surface area contributed by atoms with Crippen molar-refractivity contribution in [2.75, 3.05) is 0 Å². The van der Waals surface area contributed by atoms with E-state index in [2.05, 4.69) is 36.8 Å². The Hall–Kier alpha value is -1.31. The molecule has 0 atom stereocenters. The van der Waals surface area contributed by atoms with Crippen LogP contribution in [-0.4, -0.2) is 9.97 Å². The van der Waals surface area contributed by atoms with E-state index in [9.17, 15) is 0 Å². The first-order valence-corrected chi connectivity index (χ1v) is 4.62. The summed E-state index contributed by atoms with van der Waals surface area (Å²) in [5.74, 6) is 0.542. The third-order valence-electron chi connectivity index (χ3n) is 2.39. The van der Waals surface area contributed by atoms with E-state index in [0.717, 1.165) is 11.0 Å². The molecule has 2 heterocycles. The maximum absolute atomic E-state index is 4.43. The van der Waals surface area contributed by atoms with Gasteiger partial charge in [0.2, 0.25) is 0 Å². The molecule has 0 saturated carbocycles. The van der Waals surface area contributed by atoms with Gasteiger partial charge in [0.1, 0.15) is 0 Å². The fraction of sp³-hybridized carbons (Fsp3) is 0.364. The molecule has 2 aromatic rings. The van der Waals surface area contributed by atoms with Crippen molar-refractivity contribution in [3.8, 4) is 0 Å². The number of aryl methyl sites for hydroxylation is 1. The van der Waals surface area contributed by atoms with Gasteiger partial charge in [-0.05, 0) is 30.0 Å². The number of nitrogens with one attached hydrogen (secondary N) is 1.